The van der Waals surface area contributed by atoms with Gasteiger partial charge in [-0.05, 0) is 44.9 Å². The van der Waals surface area contributed by atoms with Gasteiger partial charge in [0.1, 0.15) is 0 Å². The minimum absolute atomic E-state index is 0.339. The van der Waals surface area contributed by atoms with Crippen molar-refractivity contribution in [1.29, 1.82) is 0 Å². The monoisotopic (exact) mass is 177 g/mol. The quantitative estimate of drug-likeness (QED) is 0.645. The molecule has 1 unspecified atom stereocenters. The van der Waals surface area contributed by atoms with E-state index in [2.05, 4.69) is 12.2 Å². The highest BCUT2D eigenvalue weighted by atomic mass is 14.6. The van der Waals surface area contributed by atoms with Crippen LogP contribution in [0.4, 0.5) is 0 Å². The van der Waals surface area contributed by atoms with Crippen molar-refractivity contribution < 1.29 is 0 Å². The summed E-state index contributed by atoms with van der Waals surface area (Å²) >= 11 is 0. The second-order valence-corrected chi connectivity index (χ2v) is 4.31. The fourth-order valence-corrected chi connectivity index (χ4v) is 2.37. The standard InChI is InChI=1S/C12H19N/c13-12-7-3-6-11(9-12)8-10-4-1-2-5-10/h4,9,12H,1-3,5-8,13H2. The molecule has 0 aromatic heterocycles. The predicted octanol–water partition coefficient (Wildman–Crippen LogP) is 2.92. The molecule has 13 heavy (non-hydrogen) atoms. The van der Waals surface area contributed by atoms with Gasteiger partial charge in [0, 0.05) is 6.04 Å². The van der Waals surface area contributed by atoms with Gasteiger partial charge in [-0.3, -0.25) is 0 Å². The molecular formula is C12H19N. The zero-order chi connectivity index (χ0) is 9.10. The molecule has 1 heteroatoms. The third kappa shape index (κ3) is 2.44. The van der Waals surface area contributed by atoms with Crippen LogP contribution in [0, 0.1) is 0 Å². The van der Waals surface area contributed by atoms with Crippen LogP contribution in [0.3, 0.4) is 0 Å². The number of allylic oxidation sites excluding steroid dienone is 3. The number of nitrogens with two attached hydrogens (primary N) is 1. The van der Waals surface area contributed by atoms with Crippen molar-refractivity contribution in [2.24, 2.45) is 5.73 Å². The van der Waals surface area contributed by atoms with Crippen molar-refractivity contribution in [3.63, 3.8) is 0 Å². The fraction of sp³-hybridized carbons (Fsp3) is 0.667. The van der Waals surface area contributed by atoms with Gasteiger partial charge in [0.25, 0.3) is 0 Å². The van der Waals surface area contributed by atoms with Gasteiger partial charge in [0.15, 0.2) is 0 Å². The molecular weight excluding hydrogens is 158 g/mol. The van der Waals surface area contributed by atoms with E-state index in [0.29, 0.717) is 6.04 Å². The summed E-state index contributed by atoms with van der Waals surface area (Å²) in [7, 11) is 0. The highest BCUT2D eigenvalue weighted by molar-refractivity contribution is 5.21. The average molecular weight is 177 g/mol. The van der Waals surface area contributed by atoms with Crippen LogP contribution in [0.25, 0.3) is 0 Å². The van der Waals surface area contributed by atoms with Gasteiger partial charge in [-0.15, -0.1) is 0 Å². The maximum Gasteiger partial charge on any atom is 0.0226 e. The van der Waals surface area contributed by atoms with Crippen molar-refractivity contribution >= 4 is 0 Å². The third-order valence-corrected chi connectivity index (χ3v) is 3.07. The van der Waals surface area contributed by atoms with Gasteiger partial charge in [-0.2, -0.15) is 0 Å². The maximum atomic E-state index is 5.90. The minimum Gasteiger partial charge on any atom is -0.324 e. The molecule has 72 valence electrons. The summed E-state index contributed by atoms with van der Waals surface area (Å²) in [4.78, 5) is 0. The van der Waals surface area contributed by atoms with Crippen LogP contribution in [-0.4, -0.2) is 6.04 Å². The summed E-state index contributed by atoms with van der Waals surface area (Å²) in [5.41, 5.74) is 9.15. The lowest BCUT2D eigenvalue weighted by atomic mass is 9.91. The Morgan fingerprint density at radius 1 is 1.23 bits per heavy atom. The lowest BCUT2D eigenvalue weighted by Gasteiger charge is -2.18. The maximum absolute atomic E-state index is 5.90. The average Bonchev–Trinajstić information content (AvgIpc) is 2.57. The first-order chi connectivity index (χ1) is 6.34. The minimum atomic E-state index is 0.339. The molecule has 0 aliphatic heterocycles. The van der Waals surface area contributed by atoms with E-state index in [0.717, 1.165) is 0 Å². The molecule has 1 nitrogen and oxygen atoms in total. The third-order valence-electron chi connectivity index (χ3n) is 3.07. The Hall–Kier alpha value is -0.560. The molecule has 0 radical (unpaired) electrons. The first-order valence-corrected chi connectivity index (χ1v) is 5.47. The van der Waals surface area contributed by atoms with E-state index in [1.807, 2.05) is 0 Å². The van der Waals surface area contributed by atoms with Gasteiger partial charge in [-0.1, -0.05) is 23.3 Å². The van der Waals surface area contributed by atoms with Gasteiger partial charge in [0.05, 0.1) is 0 Å². The van der Waals surface area contributed by atoms with Crippen molar-refractivity contribution in [1.82, 2.24) is 0 Å². The van der Waals surface area contributed by atoms with Crippen molar-refractivity contribution in [3.05, 3.63) is 23.3 Å². The molecule has 0 spiro atoms. The second-order valence-electron chi connectivity index (χ2n) is 4.31. The Morgan fingerprint density at radius 2 is 2.08 bits per heavy atom. The molecule has 0 saturated heterocycles. The normalized spacial score (nSPS) is 28.5. The Bertz CT molecular complexity index is 238. The first kappa shape index (κ1) is 9.01. The van der Waals surface area contributed by atoms with Crippen LogP contribution in [0.1, 0.15) is 44.9 Å². The van der Waals surface area contributed by atoms with Crippen molar-refractivity contribution in [2.45, 2.75) is 51.0 Å². The highest BCUT2D eigenvalue weighted by Gasteiger charge is 2.12. The molecule has 2 rings (SSSR count). The van der Waals surface area contributed by atoms with Crippen LogP contribution in [0.5, 0.6) is 0 Å². The highest BCUT2D eigenvalue weighted by Crippen LogP contribution is 2.28. The van der Waals surface area contributed by atoms with E-state index in [9.17, 15) is 0 Å². The molecule has 2 aliphatic carbocycles. The smallest absolute Gasteiger partial charge is 0.0226 e. The van der Waals surface area contributed by atoms with Gasteiger partial charge in [-0.25, -0.2) is 0 Å². The zero-order valence-corrected chi connectivity index (χ0v) is 8.26. The van der Waals surface area contributed by atoms with E-state index in [1.54, 1.807) is 11.1 Å². The van der Waals surface area contributed by atoms with Crippen molar-refractivity contribution in [3.8, 4) is 0 Å². The molecule has 0 fully saturated rings. The van der Waals surface area contributed by atoms with E-state index in [1.165, 1.54) is 44.9 Å². The van der Waals surface area contributed by atoms with Gasteiger partial charge in [0.2, 0.25) is 0 Å². The van der Waals surface area contributed by atoms with Crippen LogP contribution >= 0.6 is 0 Å². The van der Waals surface area contributed by atoms with Crippen molar-refractivity contribution in [2.75, 3.05) is 0 Å². The lowest BCUT2D eigenvalue weighted by Crippen LogP contribution is -2.20. The van der Waals surface area contributed by atoms with E-state index in [-0.39, 0.29) is 0 Å². The largest absolute Gasteiger partial charge is 0.324 e. The fourth-order valence-electron chi connectivity index (χ4n) is 2.37. The van der Waals surface area contributed by atoms with Crippen LogP contribution in [0.2, 0.25) is 0 Å². The predicted molar refractivity (Wildman–Crippen MR) is 56.5 cm³/mol. The molecule has 0 saturated carbocycles. The Kier molecular flexibility index (Phi) is 2.84. The van der Waals surface area contributed by atoms with Gasteiger partial charge >= 0.3 is 0 Å². The summed E-state index contributed by atoms with van der Waals surface area (Å²) < 4.78 is 0. The molecule has 2 aliphatic rings. The Balaban J connectivity index is 1.93. The summed E-state index contributed by atoms with van der Waals surface area (Å²) in [6, 6.07) is 0.339. The summed E-state index contributed by atoms with van der Waals surface area (Å²) in [6.07, 6.45) is 13.7. The molecule has 0 bridgehead atoms. The Labute approximate surface area is 80.7 Å². The van der Waals surface area contributed by atoms with E-state index < -0.39 is 0 Å². The number of hydrogen-bond donors (Lipinski definition) is 1. The second kappa shape index (κ2) is 4.10. The number of rotatable bonds is 2. The van der Waals surface area contributed by atoms with E-state index in [4.69, 9.17) is 5.73 Å². The van der Waals surface area contributed by atoms with Crippen LogP contribution in [-0.2, 0) is 0 Å². The molecule has 1 atom stereocenters. The number of hydrogen-bond acceptors (Lipinski definition) is 1. The molecule has 0 heterocycles. The first-order valence-electron chi connectivity index (χ1n) is 5.47. The zero-order valence-electron chi connectivity index (χ0n) is 8.26. The lowest BCUT2D eigenvalue weighted by molar-refractivity contribution is 0.615. The SMILES string of the molecule is NC1C=C(CC2=CCCC2)CCC1. The summed E-state index contributed by atoms with van der Waals surface area (Å²) in [6.45, 7) is 0. The summed E-state index contributed by atoms with van der Waals surface area (Å²) in [5, 5.41) is 0. The van der Waals surface area contributed by atoms with Gasteiger partial charge < -0.3 is 5.73 Å². The molecule has 2 N–H and O–H groups in total. The van der Waals surface area contributed by atoms with Crippen LogP contribution < -0.4 is 5.73 Å². The topological polar surface area (TPSA) is 26.0 Å². The summed E-state index contributed by atoms with van der Waals surface area (Å²) in [5.74, 6) is 0. The Morgan fingerprint density at radius 3 is 2.77 bits per heavy atom. The van der Waals surface area contributed by atoms with E-state index >= 15 is 0 Å². The molecule has 0 aromatic rings. The molecule has 0 aromatic carbocycles. The molecule has 0 amide bonds. The van der Waals surface area contributed by atoms with Crippen LogP contribution in [0.15, 0.2) is 23.3 Å².